The van der Waals surface area contributed by atoms with E-state index in [4.69, 9.17) is 5.73 Å². The second-order valence-corrected chi connectivity index (χ2v) is 6.08. The molecule has 1 aromatic rings. The van der Waals surface area contributed by atoms with Crippen LogP contribution < -0.4 is 11.1 Å². The molecule has 1 aromatic carbocycles. The fourth-order valence-electron chi connectivity index (χ4n) is 1.53. The van der Waals surface area contributed by atoms with Crippen LogP contribution in [0.25, 0.3) is 0 Å². The molecule has 8 heteroatoms. The number of rotatable bonds is 6. The van der Waals surface area contributed by atoms with Crippen LogP contribution in [0.3, 0.4) is 0 Å². The van der Waals surface area contributed by atoms with Gasteiger partial charge in [0.25, 0.3) is 0 Å². The minimum atomic E-state index is -4.61. The molecule has 112 valence electrons. The molecular formula is C12H16F2N2O3S. The predicted octanol–water partition coefficient (Wildman–Crippen LogP) is 1.61. The molecule has 0 aliphatic carbocycles. The Hall–Kier alpha value is -1.54. The van der Waals surface area contributed by atoms with Gasteiger partial charge in [-0.25, -0.2) is 8.42 Å². The van der Waals surface area contributed by atoms with E-state index >= 15 is 0 Å². The molecule has 0 heterocycles. The van der Waals surface area contributed by atoms with Crippen LogP contribution in [0.4, 0.5) is 14.5 Å². The summed E-state index contributed by atoms with van der Waals surface area (Å²) in [6.45, 7) is 2.01. The van der Waals surface area contributed by atoms with Crippen molar-refractivity contribution in [3.63, 3.8) is 0 Å². The number of nitrogens with two attached hydrogens (primary N) is 1. The zero-order valence-corrected chi connectivity index (χ0v) is 11.7. The highest BCUT2D eigenvalue weighted by Gasteiger charge is 2.26. The number of hydrogen-bond acceptors (Lipinski definition) is 4. The Kier molecular flexibility index (Phi) is 5.58. The number of anilines is 1. The molecule has 0 radical (unpaired) electrons. The average Bonchev–Trinajstić information content (AvgIpc) is 2.40. The maximum Gasteiger partial charge on any atom is 0.341 e. The standard InChI is InChI=1S/C12H16F2N2O3S/c1-2-8(7-15)11(17)16-9-3-5-10(6-4-9)20(18,19)12(13)14/h3-6,8,12H,2,7,15H2,1H3,(H,16,17). The van der Waals surface area contributed by atoms with Gasteiger partial charge in [-0.05, 0) is 30.7 Å². The fraction of sp³-hybridized carbons (Fsp3) is 0.417. The number of carbonyl (C=O) groups is 1. The second kappa shape index (κ2) is 6.76. The lowest BCUT2D eigenvalue weighted by Gasteiger charge is -2.13. The Labute approximate surface area is 116 Å². The lowest BCUT2D eigenvalue weighted by molar-refractivity contribution is -0.119. The van der Waals surface area contributed by atoms with E-state index in [0.717, 1.165) is 12.1 Å². The number of carbonyl (C=O) groups excluding carboxylic acids is 1. The zero-order valence-electron chi connectivity index (χ0n) is 10.8. The summed E-state index contributed by atoms with van der Waals surface area (Å²) in [4.78, 5) is 11.2. The summed E-state index contributed by atoms with van der Waals surface area (Å²) >= 11 is 0. The first-order valence-corrected chi connectivity index (χ1v) is 7.50. The molecule has 3 N–H and O–H groups in total. The molecule has 1 atom stereocenters. The van der Waals surface area contributed by atoms with Crippen molar-refractivity contribution in [1.82, 2.24) is 0 Å². The normalized spacial score (nSPS) is 13.2. The summed E-state index contributed by atoms with van der Waals surface area (Å²) in [6.07, 6.45) is 0.570. The first kappa shape index (κ1) is 16.5. The van der Waals surface area contributed by atoms with Crippen LogP contribution in [0.15, 0.2) is 29.2 Å². The summed E-state index contributed by atoms with van der Waals surface area (Å²) in [5.74, 6) is -4.11. The lowest BCUT2D eigenvalue weighted by atomic mass is 10.1. The van der Waals surface area contributed by atoms with Crippen molar-refractivity contribution < 1.29 is 22.0 Å². The third-order valence-corrected chi connectivity index (χ3v) is 4.23. The first-order chi connectivity index (χ1) is 9.32. The number of nitrogens with one attached hydrogen (secondary N) is 1. The SMILES string of the molecule is CCC(CN)C(=O)Nc1ccc(S(=O)(=O)C(F)F)cc1. The number of alkyl halides is 2. The molecular weight excluding hydrogens is 290 g/mol. The topological polar surface area (TPSA) is 89.3 Å². The van der Waals surface area contributed by atoms with Crippen molar-refractivity contribution in [3.8, 4) is 0 Å². The van der Waals surface area contributed by atoms with Crippen LogP contribution in [-0.2, 0) is 14.6 Å². The number of sulfone groups is 1. The van der Waals surface area contributed by atoms with Crippen LogP contribution >= 0.6 is 0 Å². The number of amides is 1. The Bertz CT molecular complexity index is 555. The van der Waals surface area contributed by atoms with Crippen LogP contribution in [0, 0.1) is 5.92 Å². The molecule has 0 fully saturated rings. The van der Waals surface area contributed by atoms with Gasteiger partial charge in [0.05, 0.1) is 10.8 Å². The van der Waals surface area contributed by atoms with Gasteiger partial charge in [0.1, 0.15) is 0 Å². The Morgan fingerprint density at radius 2 is 1.85 bits per heavy atom. The van der Waals surface area contributed by atoms with E-state index in [1.807, 2.05) is 6.92 Å². The molecule has 1 amide bonds. The minimum absolute atomic E-state index is 0.195. The maximum atomic E-state index is 12.3. The number of hydrogen-bond donors (Lipinski definition) is 2. The summed E-state index contributed by atoms with van der Waals surface area (Å²) in [6, 6.07) is 4.58. The van der Waals surface area contributed by atoms with Crippen molar-refractivity contribution in [2.45, 2.75) is 24.0 Å². The molecule has 1 unspecified atom stereocenters. The summed E-state index contributed by atoms with van der Waals surface area (Å²) in [7, 11) is -4.61. The summed E-state index contributed by atoms with van der Waals surface area (Å²) in [5.41, 5.74) is 5.76. The minimum Gasteiger partial charge on any atom is -0.330 e. The molecule has 0 saturated carbocycles. The molecule has 0 aromatic heterocycles. The Balaban J connectivity index is 2.85. The van der Waals surface area contributed by atoms with Gasteiger partial charge in [-0.3, -0.25) is 4.79 Å². The predicted molar refractivity (Wildman–Crippen MR) is 71.1 cm³/mol. The van der Waals surface area contributed by atoms with E-state index in [9.17, 15) is 22.0 Å². The third kappa shape index (κ3) is 3.73. The van der Waals surface area contributed by atoms with Gasteiger partial charge >= 0.3 is 5.76 Å². The average molecular weight is 306 g/mol. The van der Waals surface area contributed by atoms with Gasteiger partial charge in [-0.15, -0.1) is 0 Å². The molecule has 0 saturated heterocycles. The molecule has 0 aliphatic rings. The summed E-state index contributed by atoms with van der Waals surface area (Å²) < 4.78 is 47.1. The largest absolute Gasteiger partial charge is 0.341 e. The molecule has 20 heavy (non-hydrogen) atoms. The quantitative estimate of drug-likeness (QED) is 0.835. The first-order valence-electron chi connectivity index (χ1n) is 5.96. The van der Waals surface area contributed by atoms with E-state index in [2.05, 4.69) is 5.32 Å². The van der Waals surface area contributed by atoms with Crippen molar-refractivity contribution >= 4 is 21.4 Å². The Morgan fingerprint density at radius 3 is 2.25 bits per heavy atom. The van der Waals surface area contributed by atoms with Crippen LogP contribution in [0.5, 0.6) is 0 Å². The lowest BCUT2D eigenvalue weighted by Crippen LogP contribution is -2.28. The van der Waals surface area contributed by atoms with Gasteiger partial charge in [-0.2, -0.15) is 8.78 Å². The third-order valence-electron chi connectivity index (χ3n) is 2.83. The van der Waals surface area contributed by atoms with E-state index in [1.165, 1.54) is 12.1 Å². The molecule has 1 rings (SSSR count). The molecule has 0 spiro atoms. The number of halogens is 2. The van der Waals surface area contributed by atoms with E-state index in [0.29, 0.717) is 12.1 Å². The fourth-order valence-corrected chi connectivity index (χ4v) is 2.26. The highest BCUT2D eigenvalue weighted by molar-refractivity contribution is 7.91. The van der Waals surface area contributed by atoms with Gasteiger partial charge in [-0.1, -0.05) is 6.92 Å². The van der Waals surface area contributed by atoms with Gasteiger partial charge in [0.2, 0.25) is 15.7 Å². The number of benzene rings is 1. The Morgan fingerprint density at radius 1 is 1.30 bits per heavy atom. The van der Waals surface area contributed by atoms with Crippen molar-refractivity contribution in [2.24, 2.45) is 11.7 Å². The maximum absolute atomic E-state index is 12.3. The van der Waals surface area contributed by atoms with E-state index < -0.39 is 20.5 Å². The van der Waals surface area contributed by atoms with Crippen LogP contribution in [-0.4, -0.2) is 26.6 Å². The van der Waals surface area contributed by atoms with E-state index in [1.54, 1.807) is 0 Å². The van der Waals surface area contributed by atoms with Crippen molar-refractivity contribution in [3.05, 3.63) is 24.3 Å². The zero-order chi connectivity index (χ0) is 15.3. The highest BCUT2D eigenvalue weighted by atomic mass is 32.2. The molecule has 0 bridgehead atoms. The van der Waals surface area contributed by atoms with Crippen LogP contribution in [0.1, 0.15) is 13.3 Å². The molecule has 5 nitrogen and oxygen atoms in total. The smallest absolute Gasteiger partial charge is 0.330 e. The second-order valence-electron chi connectivity index (χ2n) is 4.16. The highest BCUT2D eigenvalue weighted by Crippen LogP contribution is 2.20. The van der Waals surface area contributed by atoms with Crippen molar-refractivity contribution in [1.29, 1.82) is 0 Å². The monoisotopic (exact) mass is 306 g/mol. The van der Waals surface area contributed by atoms with Gasteiger partial charge in [0.15, 0.2) is 0 Å². The van der Waals surface area contributed by atoms with Gasteiger partial charge < -0.3 is 11.1 Å². The van der Waals surface area contributed by atoms with Crippen molar-refractivity contribution in [2.75, 3.05) is 11.9 Å². The summed E-state index contributed by atoms with van der Waals surface area (Å²) in [5, 5.41) is 2.55. The van der Waals surface area contributed by atoms with Gasteiger partial charge in [0, 0.05) is 12.2 Å². The van der Waals surface area contributed by atoms with Crippen LogP contribution in [0.2, 0.25) is 0 Å². The molecule has 0 aliphatic heterocycles. The van der Waals surface area contributed by atoms with E-state index in [-0.39, 0.29) is 18.4 Å².